The molecule has 0 bridgehead atoms. The Hall–Kier alpha value is -1.19. The highest BCUT2D eigenvalue weighted by Gasteiger charge is 2.45. The molecule has 1 unspecified atom stereocenters. The summed E-state index contributed by atoms with van der Waals surface area (Å²) >= 11 is 0. The third-order valence-electron chi connectivity index (χ3n) is 4.02. The number of nitrogens with two attached hydrogens (primary N) is 1. The highest BCUT2D eigenvalue weighted by atomic mass is 19.4. The average Bonchev–Trinajstić information content (AvgIpc) is 2.81. The van der Waals surface area contributed by atoms with E-state index in [1.165, 1.54) is 5.56 Å². The zero-order valence-electron chi connectivity index (χ0n) is 9.40. The number of halogens is 3. The van der Waals surface area contributed by atoms with Crippen molar-refractivity contribution >= 4 is 5.69 Å². The number of anilines is 1. The van der Waals surface area contributed by atoms with Crippen LogP contribution in [0.25, 0.3) is 0 Å². The number of fused-ring (bicyclic) bond motifs is 2. The van der Waals surface area contributed by atoms with Gasteiger partial charge in [-0.25, -0.2) is 0 Å². The molecule has 17 heavy (non-hydrogen) atoms. The molecule has 1 atom stereocenters. The van der Waals surface area contributed by atoms with Gasteiger partial charge in [-0.2, -0.15) is 13.2 Å². The van der Waals surface area contributed by atoms with Crippen molar-refractivity contribution in [2.75, 3.05) is 5.73 Å². The fraction of sp³-hybridized carbons (Fsp3) is 0.538. The predicted molar refractivity (Wildman–Crippen MR) is 60.0 cm³/mol. The van der Waals surface area contributed by atoms with Crippen LogP contribution in [0.15, 0.2) is 6.07 Å². The van der Waals surface area contributed by atoms with Crippen molar-refractivity contribution in [2.24, 2.45) is 0 Å². The van der Waals surface area contributed by atoms with Gasteiger partial charge < -0.3 is 5.73 Å². The first kappa shape index (κ1) is 10.9. The Balaban J connectivity index is 2.16. The molecule has 1 aromatic carbocycles. The Morgan fingerprint density at radius 2 is 1.88 bits per heavy atom. The number of hydrogen-bond donors (Lipinski definition) is 1. The van der Waals surface area contributed by atoms with E-state index in [9.17, 15) is 13.2 Å². The lowest BCUT2D eigenvalue weighted by Gasteiger charge is -2.19. The van der Waals surface area contributed by atoms with Crippen LogP contribution >= 0.6 is 0 Å². The molecule has 0 saturated heterocycles. The summed E-state index contributed by atoms with van der Waals surface area (Å²) in [7, 11) is 0. The second kappa shape index (κ2) is 3.40. The van der Waals surface area contributed by atoms with Gasteiger partial charge in [-0.05, 0) is 54.4 Å². The van der Waals surface area contributed by atoms with Crippen molar-refractivity contribution in [3.8, 4) is 0 Å². The fourth-order valence-corrected chi connectivity index (χ4v) is 3.25. The monoisotopic (exact) mass is 241 g/mol. The van der Waals surface area contributed by atoms with Crippen molar-refractivity contribution in [1.29, 1.82) is 0 Å². The summed E-state index contributed by atoms with van der Waals surface area (Å²) in [6.07, 6.45) is -0.684. The minimum absolute atomic E-state index is 0.159. The first-order valence-electron chi connectivity index (χ1n) is 5.98. The van der Waals surface area contributed by atoms with E-state index in [-0.39, 0.29) is 6.42 Å². The largest absolute Gasteiger partial charge is 0.398 e. The molecule has 2 aliphatic rings. The lowest BCUT2D eigenvalue weighted by atomic mass is 9.94. The Morgan fingerprint density at radius 3 is 2.59 bits per heavy atom. The highest BCUT2D eigenvalue weighted by molar-refractivity contribution is 5.64. The smallest absolute Gasteiger partial charge is 0.395 e. The van der Waals surface area contributed by atoms with Crippen molar-refractivity contribution < 1.29 is 13.2 Å². The van der Waals surface area contributed by atoms with Crippen LogP contribution < -0.4 is 5.73 Å². The van der Waals surface area contributed by atoms with Gasteiger partial charge in [0.15, 0.2) is 0 Å². The van der Waals surface area contributed by atoms with Crippen LogP contribution in [0.4, 0.5) is 18.9 Å². The van der Waals surface area contributed by atoms with Crippen LogP contribution in [0, 0.1) is 0 Å². The van der Waals surface area contributed by atoms with E-state index in [1.807, 2.05) is 6.07 Å². The summed E-state index contributed by atoms with van der Waals surface area (Å²) in [5, 5.41) is 0. The first-order chi connectivity index (χ1) is 7.98. The second-order valence-corrected chi connectivity index (χ2v) is 4.99. The van der Waals surface area contributed by atoms with Gasteiger partial charge in [0.25, 0.3) is 0 Å². The maximum atomic E-state index is 12.9. The molecular weight excluding hydrogens is 227 g/mol. The molecule has 4 heteroatoms. The SMILES string of the molecule is Nc1c2c(cc3c1C(C(F)(F)F)CC3)CCC2. The van der Waals surface area contributed by atoms with E-state index in [2.05, 4.69) is 0 Å². The van der Waals surface area contributed by atoms with E-state index in [1.54, 1.807) is 0 Å². The molecule has 0 spiro atoms. The van der Waals surface area contributed by atoms with Crippen molar-refractivity contribution in [3.05, 3.63) is 28.3 Å². The molecular formula is C13H14F3N. The van der Waals surface area contributed by atoms with Crippen LogP contribution in [0.1, 0.15) is 41.0 Å². The lowest BCUT2D eigenvalue weighted by Crippen LogP contribution is -2.19. The second-order valence-electron chi connectivity index (χ2n) is 4.99. The number of benzene rings is 1. The molecule has 0 saturated carbocycles. The van der Waals surface area contributed by atoms with E-state index in [0.29, 0.717) is 17.7 Å². The Bertz CT molecular complexity index is 477. The van der Waals surface area contributed by atoms with Crippen molar-refractivity contribution in [3.63, 3.8) is 0 Å². The summed E-state index contributed by atoms with van der Waals surface area (Å²) in [6, 6.07) is 1.96. The predicted octanol–water partition coefficient (Wildman–Crippen LogP) is 3.35. The summed E-state index contributed by atoms with van der Waals surface area (Å²) in [5.74, 6) is -1.34. The summed E-state index contributed by atoms with van der Waals surface area (Å²) in [5.41, 5.74) is 9.74. The molecule has 92 valence electrons. The Morgan fingerprint density at radius 1 is 1.12 bits per heavy atom. The number of rotatable bonds is 0. The standard InChI is InChI=1S/C13H14F3N/c14-13(15,16)10-5-4-8-6-7-2-1-3-9(7)12(17)11(8)10/h6,10H,1-5,17H2. The van der Waals surface area contributed by atoms with E-state index in [4.69, 9.17) is 5.73 Å². The van der Waals surface area contributed by atoms with Crippen LogP contribution in [0.2, 0.25) is 0 Å². The molecule has 1 aromatic rings. The minimum Gasteiger partial charge on any atom is -0.398 e. The summed E-state index contributed by atoms with van der Waals surface area (Å²) in [6.45, 7) is 0. The molecule has 1 nitrogen and oxygen atoms in total. The van der Waals surface area contributed by atoms with Crippen molar-refractivity contribution in [2.45, 2.75) is 44.2 Å². The van der Waals surface area contributed by atoms with Crippen LogP contribution in [0.3, 0.4) is 0 Å². The number of aryl methyl sites for hydroxylation is 2. The van der Waals surface area contributed by atoms with Gasteiger partial charge in [0, 0.05) is 5.69 Å². The normalized spacial score (nSPS) is 22.6. The molecule has 0 aromatic heterocycles. The van der Waals surface area contributed by atoms with Gasteiger partial charge in [0.2, 0.25) is 0 Å². The van der Waals surface area contributed by atoms with E-state index in [0.717, 1.165) is 30.4 Å². The minimum atomic E-state index is -4.16. The number of nitrogen functional groups attached to an aromatic ring is 1. The quantitative estimate of drug-likeness (QED) is 0.692. The van der Waals surface area contributed by atoms with Crippen LogP contribution in [-0.4, -0.2) is 6.18 Å². The van der Waals surface area contributed by atoms with Gasteiger partial charge >= 0.3 is 6.18 Å². The molecule has 3 rings (SSSR count). The van der Waals surface area contributed by atoms with Crippen LogP contribution in [-0.2, 0) is 19.3 Å². The van der Waals surface area contributed by atoms with E-state index >= 15 is 0 Å². The van der Waals surface area contributed by atoms with Gasteiger partial charge in [-0.15, -0.1) is 0 Å². The topological polar surface area (TPSA) is 26.0 Å². The molecule has 0 aliphatic heterocycles. The molecule has 2 N–H and O–H groups in total. The average molecular weight is 241 g/mol. The molecule has 0 radical (unpaired) electrons. The number of hydrogen-bond acceptors (Lipinski definition) is 1. The number of alkyl halides is 3. The maximum absolute atomic E-state index is 12.9. The van der Waals surface area contributed by atoms with Gasteiger partial charge in [-0.3, -0.25) is 0 Å². The van der Waals surface area contributed by atoms with Gasteiger partial charge in [0.05, 0.1) is 5.92 Å². The first-order valence-corrected chi connectivity index (χ1v) is 5.98. The van der Waals surface area contributed by atoms with Gasteiger partial charge in [-0.1, -0.05) is 6.07 Å². The highest BCUT2D eigenvalue weighted by Crippen LogP contribution is 2.49. The third kappa shape index (κ3) is 1.53. The van der Waals surface area contributed by atoms with Crippen molar-refractivity contribution in [1.82, 2.24) is 0 Å². The van der Waals surface area contributed by atoms with Gasteiger partial charge in [0.1, 0.15) is 0 Å². The zero-order chi connectivity index (χ0) is 12.2. The molecule has 0 amide bonds. The summed E-state index contributed by atoms with van der Waals surface area (Å²) < 4.78 is 38.7. The van der Waals surface area contributed by atoms with Crippen LogP contribution in [0.5, 0.6) is 0 Å². The maximum Gasteiger partial charge on any atom is 0.395 e. The zero-order valence-corrected chi connectivity index (χ0v) is 9.40. The third-order valence-corrected chi connectivity index (χ3v) is 4.02. The molecule has 0 fully saturated rings. The summed E-state index contributed by atoms with van der Waals surface area (Å²) in [4.78, 5) is 0. The Kier molecular flexibility index (Phi) is 2.19. The molecule has 0 heterocycles. The lowest BCUT2D eigenvalue weighted by molar-refractivity contribution is -0.149. The van der Waals surface area contributed by atoms with E-state index < -0.39 is 12.1 Å². The Labute approximate surface area is 97.8 Å². The fourth-order valence-electron chi connectivity index (χ4n) is 3.25. The molecule has 2 aliphatic carbocycles.